The summed E-state index contributed by atoms with van der Waals surface area (Å²) in [6, 6.07) is 7.66. The fourth-order valence-corrected chi connectivity index (χ4v) is 3.08. The van der Waals surface area contributed by atoms with Crippen LogP contribution in [0.5, 0.6) is 0 Å². The summed E-state index contributed by atoms with van der Waals surface area (Å²) in [7, 11) is 2.10. The second-order valence-corrected chi connectivity index (χ2v) is 6.83. The number of non-ortho nitro benzene ring substituents is 1. The number of rotatable bonds is 5. The summed E-state index contributed by atoms with van der Waals surface area (Å²) < 4.78 is 0. The molecule has 1 N–H and O–H groups in total. The third-order valence-corrected chi connectivity index (χ3v) is 4.81. The molecule has 0 unspecified atom stereocenters. The predicted molar refractivity (Wildman–Crippen MR) is 103 cm³/mol. The van der Waals surface area contributed by atoms with Crippen LogP contribution < -0.4 is 10.2 Å². The molecule has 0 aliphatic carbocycles. The Morgan fingerprint density at radius 2 is 2.00 bits per heavy atom. The third-order valence-electron chi connectivity index (χ3n) is 4.50. The maximum atomic E-state index is 12.3. The number of hydrogen-bond acceptors (Lipinski definition) is 6. The fraction of sp³-hybridized carbons (Fsp3) is 0.333. The van der Waals surface area contributed by atoms with Crippen molar-refractivity contribution in [1.29, 1.82) is 0 Å². The van der Waals surface area contributed by atoms with Crippen molar-refractivity contribution in [2.45, 2.75) is 6.54 Å². The Bertz CT molecular complexity index is 835. The highest BCUT2D eigenvalue weighted by molar-refractivity contribution is 6.34. The number of pyridine rings is 1. The average molecular weight is 390 g/mol. The summed E-state index contributed by atoms with van der Waals surface area (Å²) in [6.45, 7) is 4.20. The standard InChI is InChI=1S/C18H20ClN5O3/c1-22-6-8-23(9-7-22)17-5-2-13(11-20-17)12-21-18(25)15-4-3-14(24(26)27)10-16(15)19/h2-5,10-11H,6-9,12H2,1H3,(H,21,25). The van der Waals surface area contributed by atoms with Gasteiger partial charge in [0.1, 0.15) is 5.82 Å². The molecule has 2 aromatic rings. The Balaban J connectivity index is 1.58. The average Bonchev–Trinajstić information content (AvgIpc) is 2.67. The van der Waals surface area contributed by atoms with Crippen molar-refractivity contribution in [2.24, 2.45) is 0 Å². The Morgan fingerprint density at radius 1 is 1.26 bits per heavy atom. The Labute approximate surface area is 161 Å². The van der Waals surface area contributed by atoms with Crippen LogP contribution in [0.25, 0.3) is 0 Å². The van der Waals surface area contributed by atoms with Crippen LogP contribution in [0.15, 0.2) is 36.5 Å². The number of piperazine rings is 1. The number of anilines is 1. The van der Waals surface area contributed by atoms with Gasteiger partial charge >= 0.3 is 0 Å². The number of nitro groups is 1. The van der Waals surface area contributed by atoms with Gasteiger partial charge in [0.2, 0.25) is 0 Å². The molecule has 1 fully saturated rings. The number of amides is 1. The first-order valence-electron chi connectivity index (χ1n) is 8.54. The van der Waals surface area contributed by atoms with Crippen LogP contribution in [0.2, 0.25) is 5.02 Å². The molecule has 1 aromatic carbocycles. The lowest BCUT2D eigenvalue weighted by Gasteiger charge is -2.33. The number of benzene rings is 1. The second-order valence-electron chi connectivity index (χ2n) is 6.42. The molecule has 0 atom stereocenters. The van der Waals surface area contributed by atoms with Crippen molar-refractivity contribution in [1.82, 2.24) is 15.2 Å². The van der Waals surface area contributed by atoms with Crippen molar-refractivity contribution < 1.29 is 9.72 Å². The third kappa shape index (κ3) is 4.72. The lowest BCUT2D eigenvalue weighted by atomic mass is 10.2. The van der Waals surface area contributed by atoms with Crippen LogP contribution in [-0.4, -0.2) is 53.9 Å². The van der Waals surface area contributed by atoms with E-state index in [1.807, 2.05) is 12.1 Å². The molecule has 1 aliphatic rings. The Morgan fingerprint density at radius 3 is 2.59 bits per heavy atom. The van der Waals surface area contributed by atoms with E-state index in [-0.39, 0.29) is 16.3 Å². The number of nitrogens with zero attached hydrogens (tertiary/aromatic N) is 4. The van der Waals surface area contributed by atoms with Gasteiger partial charge in [-0.2, -0.15) is 0 Å². The summed E-state index contributed by atoms with van der Waals surface area (Å²) in [6.07, 6.45) is 1.74. The molecule has 0 saturated carbocycles. The van der Waals surface area contributed by atoms with Gasteiger partial charge in [0.25, 0.3) is 11.6 Å². The normalized spacial score (nSPS) is 14.8. The van der Waals surface area contributed by atoms with E-state index in [1.165, 1.54) is 18.2 Å². The summed E-state index contributed by atoms with van der Waals surface area (Å²) in [5.74, 6) is 0.537. The van der Waals surface area contributed by atoms with Gasteiger partial charge in [-0.25, -0.2) is 4.98 Å². The first kappa shape index (κ1) is 19.1. The number of nitrogens with one attached hydrogen (secondary N) is 1. The monoisotopic (exact) mass is 389 g/mol. The molecule has 1 amide bonds. The minimum atomic E-state index is -0.554. The predicted octanol–water partition coefficient (Wildman–Crippen LogP) is 2.33. The molecule has 27 heavy (non-hydrogen) atoms. The minimum absolute atomic E-state index is 0.0465. The molecular formula is C18H20ClN5O3. The molecule has 0 radical (unpaired) electrons. The second kappa shape index (κ2) is 8.32. The molecule has 2 heterocycles. The Hall–Kier alpha value is -2.71. The highest BCUT2D eigenvalue weighted by atomic mass is 35.5. The van der Waals surface area contributed by atoms with Crippen LogP contribution in [-0.2, 0) is 6.54 Å². The largest absolute Gasteiger partial charge is 0.354 e. The van der Waals surface area contributed by atoms with E-state index in [0.29, 0.717) is 6.54 Å². The van der Waals surface area contributed by atoms with Gasteiger partial charge in [-0.05, 0) is 24.7 Å². The summed E-state index contributed by atoms with van der Waals surface area (Å²) in [5.41, 5.74) is 0.906. The molecule has 0 spiro atoms. The van der Waals surface area contributed by atoms with Gasteiger partial charge in [-0.1, -0.05) is 17.7 Å². The van der Waals surface area contributed by atoms with Crippen molar-refractivity contribution >= 4 is 29.0 Å². The number of likely N-dealkylation sites (N-methyl/N-ethyl adjacent to an activating group) is 1. The van der Waals surface area contributed by atoms with Crippen LogP contribution in [0.3, 0.4) is 0 Å². The lowest BCUT2D eigenvalue weighted by Crippen LogP contribution is -2.44. The summed E-state index contributed by atoms with van der Waals surface area (Å²) >= 11 is 5.98. The van der Waals surface area contributed by atoms with Crippen molar-refractivity contribution in [3.8, 4) is 0 Å². The van der Waals surface area contributed by atoms with E-state index in [1.54, 1.807) is 6.20 Å². The first-order chi connectivity index (χ1) is 12.9. The van der Waals surface area contributed by atoms with E-state index in [9.17, 15) is 14.9 Å². The molecule has 1 saturated heterocycles. The van der Waals surface area contributed by atoms with Gasteiger partial charge in [-0.15, -0.1) is 0 Å². The molecule has 9 heteroatoms. The molecule has 142 valence electrons. The number of nitro benzene ring substituents is 1. The summed E-state index contributed by atoms with van der Waals surface area (Å²) in [5, 5.41) is 13.5. The van der Waals surface area contributed by atoms with E-state index in [2.05, 4.69) is 27.1 Å². The smallest absolute Gasteiger partial charge is 0.270 e. The molecule has 1 aromatic heterocycles. The van der Waals surface area contributed by atoms with Gasteiger partial charge in [0.15, 0.2) is 0 Å². The van der Waals surface area contributed by atoms with E-state index in [0.717, 1.165) is 37.6 Å². The van der Waals surface area contributed by atoms with Gasteiger partial charge in [0, 0.05) is 51.1 Å². The highest BCUT2D eigenvalue weighted by Crippen LogP contribution is 2.22. The molecule has 8 nitrogen and oxygen atoms in total. The molecule has 1 aliphatic heterocycles. The number of carbonyl (C=O) groups is 1. The summed E-state index contributed by atoms with van der Waals surface area (Å²) in [4.78, 5) is 31.4. The zero-order chi connectivity index (χ0) is 19.4. The maximum absolute atomic E-state index is 12.3. The van der Waals surface area contributed by atoms with Gasteiger partial charge < -0.3 is 15.1 Å². The molecular weight excluding hydrogens is 370 g/mol. The van der Waals surface area contributed by atoms with E-state index in [4.69, 9.17) is 11.6 Å². The minimum Gasteiger partial charge on any atom is -0.354 e. The number of hydrogen-bond donors (Lipinski definition) is 1. The van der Waals surface area contributed by atoms with Crippen molar-refractivity contribution in [2.75, 3.05) is 38.1 Å². The van der Waals surface area contributed by atoms with Crippen LogP contribution in [0.1, 0.15) is 15.9 Å². The molecule has 3 rings (SSSR count). The van der Waals surface area contributed by atoms with E-state index >= 15 is 0 Å². The Kier molecular flexibility index (Phi) is 5.88. The lowest BCUT2D eigenvalue weighted by molar-refractivity contribution is -0.384. The number of carbonyl (C=O) groups excluding carboxylic acids is 1. The molecule has 0 bridgehead atoms. The van der Waals surface area contributed by atoms with E-state index < -0.39 is 10.8 Å². The SMILES string of the molecule is CN1CCN(c2ccc(CNC(=O)c3ccc([N+](=O)[O-])cc3Cl)cn2)CC1. The quantitative estimate of drug-likeness (QED) is 0.623. The van der Waals surface area contributed by atoms with Gasteiger partial charge in [0.05, 0.1) is 15.5 Å². The zero-order valence-electron chi connectivity index (χ0n) is 14.9. The number of aromatic nitrogens is 1. The van der Waals surface area contributed by atoms with Gasteiger partial charge in [-0.3, -0.25) is 14.9 Å². The topological polar surface area (TPSA) is 91.6 Å². The van der Waals surface area contributed by atoms with Crippen LogP contribution in [0, 0.1) is 10.1 Å². The van der Waals surface area contributed by atoms with Crippen molar-refractivity contribution in [3.63, 3.8) is 0 Å². The maximum Gasteiger partial charge on any atom is 0.270 e. The van der Waals surface area contributed by atoms with Crippen molar-refractivity contribution in [3.05, 3.63) is 62.8 Å². The number of halogens is 1. The zero-order valence-corrected chi connectivity index (χ0v) is 15.6. The highest BCUT2D eigenvalue weighted by Gasteiger charge is 2.16. The van der Waals surface area contributed by atoms with Crippen LogP contribution >= 0.6 is 11.6 Å². The fourth-order valence-electron chi connectivity index (χ4n) is 2.82. The first-order valence-corrected chi connectivity index (χ1v) is 8.92. The van der Waals surface area contributed by atoms with Crippen LogP contribution in [0.4, 0.5) is 11.5 Å².